The summed E-state index contributed by atoms with van der Waals surface area (Å²) >= 11 is 4.38. The van der Waals surface area contributed by atoms with Crippen molar-refractivity contribution in [2.75, 3.05) is 18.1 Å². The summed E-state index contributed by atoms with van der Waals surface area (Å²) in [6.45, 7) is 0.895. The van der Waals surface area contributed by atoms with Crippen LogP contribution in [0.1, 0.15) is 31.7 Å². The van der Waals surface area contributed by atoms with Crippen LogP contribution in [0.2, 0.25) is 0 Å². The van der Waals surface area contributed by atoms with Crippen molar-refractivity contribution in [3.05, 3.63) is 16.0 Å². The van der Waals surface area contributed by atoms with Gasteiger partial charge in [0.05, 0.1) is 21.4 Å². The summed E-state index contributed by atoms with van der Waals surface area (Å²) in [5, 5.41) is 4.47. The van der Waals surface area contributed by atoms with Gasteiger partial charge in [-0.05, 0) is 59.8 Å². The number of rotatable bonds is 1. The molecule has 1 unspecified atom stereocenters. The topological polar surface area (TPSA) is 27.1 Å². The van der Waals surface area contributed by atoms with Crippen LogP contribution in [0, 0.1) is 3.57 Å². The van der Waals surface area contributed by atoms with E-state index in [1.807, 2.05) is 6.20 Å². The van der Waals surface area contributed by atoms with Crippen LogP contribution < -0.4 is 0 Å². The maximum Gasteiger partial charge on any atom is 0.0718 e. The van der Waals surface area contributed by atoms with Gasteiger partial charge in [-0.1, -0.05) is 0 Å². The Morgan fingerprint density at radius 3 is 3.00 bits per heavy atom. The first-order chi connectivity index (χ1) is 8.27. The van der Waals surface area contributed by atoms with Gasteiger partial charge in [0.15, 0.2) is 0 Å². The Kier molecular flexibility index (Phi) is 3.68. The molecule has 3 heterocycles. The lowest BCUT2D eigenvalue weighted by Gasteiger charge is -2.43. The molecule has 0 N–H and O–H groups in total. The van der Waals surface area contributed by atoms with Crippen LogP contribution in [0.4, 0.5) is 0 Å². The van der Waals surface area contributed by atoms with Crippen molar-refractivity contribution in [3.63, 3.8) is 0 Å². The monoisotopic (exact) mass is 364 g/mol. The van der Waals surface area contributed by atoms with Crippen LogP contribution in [-0.4, -0.2) is 33.5 Å². The van der Waals surface area contributed by atoms with Gasteiger partial charge in [0.25, 0.3) is 0 Å². The van der Waals surface area contributed by atoms with E-state index in [0.717, 1.165) is 19.4 Å². The molecule has 0 radical (unpaired) electrons. The molecular weight excluding hydrogens is 347 g/mol. The average molecular weight is 364 g/mol. The smallest absolute Gasteiger partial charge is 0.0718 e. The van der Waals surface area contributed by atoms with Crippen molar-refractivity contribution >= 4 is 34.4 Å². The summed E-state index contributed by atoms with van der Waals surface area (Å²) in [7, 11) is 0. The van der Waals surface area contributed by atoms with Gasteiger partial charge in [-0.2, -0.15) is 16.9 Å². The number of thioether (sulfide) groups is 1. The van der Waals surface area contributed by atoms with Crippen LogP contribution in [0.25, 0.3) is 0 Å². The molecule has 2 aliphatic rings. The Morgan fingerprint density at radius 2 is 2.29 bits per heavy atom. The van der Waals surface area contributed by atoms with Crippen LogP contribution in [0.3, 0.4) is 0 Å². The minimum absolute atomic E-state index is 0.158. The molecule has 2 aliphatic heterocycles. The number of nitrogens with zero attached hydrogens (tertiary/aromatic N) is 2. The largest absolute Gasteiger partial charge is 0.375 e. The van der Waals surface area contributed by atoms with Gasteiger partial charge >= 0.3 is 0 Å². The third-order valence-corrected chi connectivity index (χ3v) is 5.36. The van der Waals surface area contributed by atoms with Crippen molar-refractivity contribution in [2.45, 2.75) is 37.3 Å². The van der Waals surface area contributed by atoms with Crippen LogP contribution in [0.5, 0.6) is 0 Å². The van der Waals surface area contributed by atoms with E-state index in [-0.39, 0.29) is 5.60 Å². The maximum atomic E-state index is 6.11. The zero-order valence-electron chi connectivity index (χ0n) is 9.77. The molecule has 0 aliphatic carbocycles. The highest BCUT2D eigenvalue weighted by Crippen LogP contribution is 2.41. The highest BCUT2D eigenvalue weighted by Gasteiger charge is 2.39. The van der Waals surface area contributed by atoms with E-state index in [1.165, 1.54) is 27.9 Å². The standard InChI is InChI=1S/C12H17IN2OS/c13-10-8-14-15(9-10)11-1-4-16-12(7-11)2-5-17-6-3-12/h8-9,11H,1-7H2. The molecule has 5 heteroatoms. The first kappa shape index (κ1) is 12.3. The first-order valence-corrected chi connectivity index (χ1v) is 8.42. The van der Waals surface area contributed by atoms with Crippen molar-refractivity contribution in [2.24, 2.45) is 0 Å². The normalized spacial score (nSPS) is 28.4. The molecule has 0 amide bonds. The zero-order chi connectivity index (χ0) is 11.7. The maximum absolute atomic E-state index is 6.11. The van der Waals surface area contributed by atoms with Gasteiger partial charge in [0, 0.05) is 12.8 Å². The summed E-state index contributed by atoms with van der Waals surface area (Å²) in [4.78, 5) is 0. The van der Waals surface area contributed by atoms with Gasteiger partial charge in [0.1, 0.15) is 0 Å². The molecule has 1 aromatic rings. The fourth-order valence-corrected chi connectivity index (χ4v) is 4.48. The minimum atomic E-state index is 0.158. The molecule has 2 fully saturated rings. The lowest BCUT2D eigenvalue weighted by Crippen LogP contribution is -2.43. The molecule has 0 bridgehead atoms. The molecule has 1 spiro atoms. The third-order valence-electron chi connectivity index (χ3n) is 3.82. The third kappa shape index (κ3) is 2.66. The van der Waals surface area contributed by atoms with E-state index < -0.39 is 0 Å². The Bertz CT molecular complexity index is 384. The minimum Gasteiger partial charge on any atom is -0.375 e. The molecule has 2 saturated heterocycles. The Hall–Kier alpha value is 0.250. The number of hydrogen-bond acceptors (Lipinski definition) is 3. The van der Waals surface area contributed by atoms with Crippen molar-refractivity contribution in [3.8, 4) is 0 Å². The predicted molar refractivity (Wildman–Crippen MR) is 78.5 cm³/mol. The molecule has 1 atom stereocenters. The Balaban J connectivity index is 1.74. The summed E-state index contributed by atoms with van der Waals surface area (Å²) in [5.41, 5.74) is 0.158. The Labute approximate surface area is 120 Å². The van der Waals surface area contributed by atoms with E-state index in [2.05, 4.69) is 50.3 Å². The van der Waals surface area contributed by atoms with Gasteiger partial charge < -0.3 is 4.74 Å². The predicted octanol–water partition coefficient (Wildman–Crippen LogP) is 3.11. The molecular formula is C12H17IN2OS. The fraction of sp³-hybridized carbons (Fsp3) is 0.750. The highest BCUT2D eigenvalue weighted by atomic mass is 127. The zero-order valence-corrected chi connectivity index (χ0v) is 12.7. The second-order valence-electron chi connectivity index (χ2n) is 4.93. The van der Waals surface area contributed by atoms with Gasteiger partial charge in [-0.15, -0.1) is 0 Å². The summed E-state index contributed by atoms with van der Waals surface area (Å²) in [5.74, 6) is 2.51. The summed E-state index contributed by atoms with van der Waals surface area (Å²) < 4.78 is 9.48. The second kappa shape index (κ2) is 5.09. The fourth-order valence-electron chi connectivity index (χ4n) is 2.83. The quantitative estimate of drug-likeness (QED) is 0.717. The van der Waals surface area contributed by atoms with E-state index in [9.17, 15) is 0 Å². The SMILES string of the molecule is Ic1cnn(C2CCOC3(CCSCC3)C2)c1. The molecule has 3 nitrogen and oxygen atoms in total. The summed E-state index contributed by atoms with van der Waals surface area (Å²) in [6, 6.07) is 0.537. The van der Waals surface area contributed by atoms with Crippen LogP contribution >= 0.6 is 34.4 Å². The molecule has 0 aromatic carbocycles. The number of ether oxygens (including phenoxy) is 1. The van der Waals surface area contributed by atoms with Crippen molar-refractivity contribution in [1.82, 2.24) is 9.78 Å². The molecule has 1 aromatic heterocycles. The number of halogens is 1. The van der Waals surface area contributed by atoms with E-state index in [0.29, 0.717) is 6.04 Å². The van der Waals surface area contributed by atoms with Gasteiger partial charge in [0.2, 0.25) is 0 Å². The van der Waals surface area contributed by atoms with E-state index >= 15 is 0 Å². The van der Waals surface area contributed by atoms with Crippen LogP contribution in [0.15, 0.2) is 12.4 Å². The van der Waals surface area contributed by atoms with E-state index in [1.54, 1.807) is 0 Å². The van der Waals surface area contributed by atoms with Crippen molar-refractivity contribution in [1.29, 1.82) is 0 Å². The molecule has 3 rings (SSSR count). The lowest BCUT2D eigenvalue weighted by atomic mass is 9.85. The van der Waals surface area contributed by atoms with Crippen molar-refractivity contribution < 1.29 is 4.74 Å². The molecule has 17 heavy (non-hydrogen) atoms. The second-order valence-corrected chi connectivity index (χ2v) is 7.40. The average Bonchev–Trinajstić information content (AvgIpc) is 2.77. The Morgan fingerprint density at radius 1 is 1.47 bits per heavy atom. The molecule has 0 saturated carbocycles. The van der Waals surface area contributed by atoms with Gasteiger partial charge in [-0.25, -0.2) is 0 Å². The van der Waals surface area contributed by atoms with Crippen LogP contribution in [-0.2, 0) is 4.74 Å². The van der Waals surface area contributed by atoms with Gasteiger partial charge in [-0.3, -0.25) is 4.68 Å². The van der Waals surface area contributed by atoms with E-state index in [4.69, 9.17) is 4.74 Å². The first-order valence-electron chi connectivity index (χ1n) is 6.19. The highest BCUT2D eigenvalue weighted by molar-refractivity contribution is 14.1. The lowest BCUT2D eigenvalue weighted by molar-refractivity contribution is -0.100. The molecule has 94 valence electrons. The number of hydrogen-bond donors (Lipinski definition) is 0. The number of aromatic nitrogens is 2. The summed E-state index contributed by atoms with van der Waals surface area (Å²) in [6.07, 6.45) is 8.78.